The maximum Gasteiger partial charge on any atom is 0.257 e. The fraction of sp³-hybridized carbons (Fsp3) is 0.333. The molecule has 1 aliphatic heterocycles. The minimum absolute atomic E-state index is 0.227. The predicted molar refractivity (Wildman–Crippen MR) is 94.6 cm³/mol. The van der Waals surface area contributed by atoms with Crippen LogP contribution in [0.1, 0.15) is 16.8 Å². The molecular formula is C18H21N3O4. The number of nitrogens with zero attached hydrogens (tertiary/aromatic N) is 1. The van der Waals surface area contributed by atoms with E-state index in [1.165, 1.54) is 0 Å². The molecule has 0 fully saturated rings. The number of hydrogen-bond acceptors (Lipinski definition) is 6. The molecule has 2 N–H and O–H groups in total. The fourth-order valence-corrected chi connectivity index (χ4v) is 2.39. The van der Waals surface area contributed by atoms with Gasteiger partial charge in [-0.2, -0.15) is 0 Å². The molecule has 0 unspecified atom stereocenters. The van der Waals surface area contributed by atoms with Crippen LogP contribution in [-0.4, -0.2) is 44.4 Å². The van der Waals surface area contributed by atoms with E-state index in [1.807, 2.05) is 0 Å². The molecule has 0 aliphatic carbocycles. The summed E-state index contributed by atoms with van der Waals surface area (Å²) < 4.78 is 16.0. The third kappa shape index (κ3) is 4.60. The van der Waals surface area contributed by atoms with Crippen LogP contribution in [0.3, 0.4) is 0 Å². The summed E-state index contributed by atoms with van der Waals surface area (Å²) in [6, 6.07) is 8.84. The van der Waals surface area contributed by atoms with Crippen LogP contribution in [0.25, 0.3) is 0 Å². The van der Waals surface area contributed by atoms with Crippen molar-refractivity contribution in [3.8, 4) is 11.5 Å². The molecule has 0 saturated carbocycles. The molecule has 25 heavy (non-hydrogen) atoms. The van der Waals surface area contributed by atoms with Gasteiger partial charge in [-0.25, -0.2) is 4.98 Å². The summed E-state index contributed by atoms with van der Waals surface area (Å²) >= 11 is 0. The number of ether oxygens (including phenoxy) is 3. The average Bonchev–Trinajstić information content (AvgIpc) is 2.65. The van der Waals surface area contributed by atoms with Crippen LogP contribution in [-0.2, 0) is 4.74 Å². The summed E-state index contributed by atoms with van der Waals surface area (Å²) in [5.41, 5.74) is 1.13. The van der Waals surface area contributed by atoms with Crippen LogP contribution in [0, 0.1) is 0 Å². The van der Waals surface area contributed by atoms with Crippen molar-refractivity contribution >= 4 is 17.4 Å². The topological polar surface area (TPSA) is 81.7 Å². The van der Waals surface area contributed by atoms with Gasteiger partial charge < -0.3 is 24.8 Å². The Morgan fingerprint density at radius 1 is 1.20 bits per heavy atom. The number of methoxy groups -OCH3 is 1. The lowest BCUT2D eigenvalue weighted by atomic mass is 10.2. The monoisotopic (exact) mass is 343 g/mol. The van der Waals surface area contributed by atoms with Gasteiger partial charge in [0.25, 0.3) is 5.91 Å². The first-order valence-electron chi connectivity index (χ1n) is 8.16. The van der Waals surface area contributed by atoms with E-state index in [0.29, 0.717) is 42.6 Å². The SMILES string of the molecule is COCCCNc1ccc(C(=O)Nc2ccc3c(c2)OCCO3)cn1. The molecule has 0 saturated heterocycles. The van der Waals surface area contributed by atoms with Crippen LogP contribution in [0.15, 0.2) is 36.5 Å². The predicted octanol–water partition coefficient (Wildman–Crippen LogP) is 2.55. The zero-order valence-electron chi connectivity index (χ0n) is 14.1. The zero-order valence-corrected chi connectivity index (χ0v) is 14.1. The van der Waals surface area contributed by atoms with E-state index in [4.69, 9.17) is 14.2 Å². The first kappa shape index (κ1) is 17.0. The molecule has 2 heterocycles. The first-order chi connectivity index (χ1) is 12.3. The highest BCUT2D eigenvalue weighted by molar-refractivity contribution is 6.04. The van der Waals surface area contributed by atoms with E-state index < -0.39 is 0 Å². The Hall–Kier alpha value is -2.80. The lowest BCUT2D eigenvalue weighted by molar-refractivity contribution is 0.102. The Labute approximate surface area is 146 Å². The molecule has 0 spiro atoms. The van der Waals surface area contributed by atoms with Crippen molar-refractivity contribution in [2.45, 2.75) is 6.42 Å². The van der Waals surface area contributed by atoms with Crippen molar-refractivity contribution in [2.75, 3.05) is 44.1 Å². The second kappa shape index (κ2) is 8.34. The van der Waals surface area contributed by atoms with Crippen LogP contribution in [0.2, 0.25) is 0 Å². The maximum atomic E-state index is 12.3. The summed E-state index contributed by atoms with van der Waals surface area (Å²) in [4.78, 5) is 16.6. The number of carbonyl (C=O) groups excluding carboxylic acids is 1. The number of anilines is 2. The molecule has 0 bridgehead atoms. The minimum atomic E-state index is -0.227. The Bertz CT molecular complexity index is 719. The molecule has 3 rings (SSSR count). The molecule has 1 aliphatic rings. The number of carbonyl (C=O) groups is 1. The quantitative estimate of drug-likeness (QED) is 0.752. The van der Waals surface area contributed by atoms with Crippen molar-refractivity contribution in [3.05, 3.63) is 42.1 Å². The largest absolute Gasteiger partial charge is 0.486 e. The second-order valence-corrected chi connectivity index (χ2v) is 5.52. The van der Waals surface area contributed by atoms with Gasteiger partial charge in [0, 0.05) is 38.2 Å². The number of amides is 1. The number of fused-ring (bicyclic) bond motifs is 1. The van der Waals surface area contributed by atoms with Gasteiger partial charge in [-0.3, -0.25) is 4.79 Å². The van der Waals surface area contributed by atoms with Gasteiger partial charge in [-0.1, -0.05) is 0 Å². The fourth-order valence-electron chi connectivity index (χ4n) is 2.39. The van der Waals surface area contributed by atoms with Crippen LogP contribution in [0.5, 0.6) is 11.5 Å². The third-order valence-corrected chi connectivity index (χ3v) is 3.66. The second-order valence-electron chi connectivity index (χ2n) is 5.52. The van der Waals surface area contributed by atoms with Crippen molar-refractivity contribution in [1.29, 1.82) is 0 Å². The normalized spacial score (nSPS) is 12.5. The van der Waals surface area contributed by atoms with E-state index in [1.54, 1.807) is 43.6 Å². The van der Waals surface area contributed by atoms with Crippen molar-refractivity contribution in [2.24, 2.45) is 0 Å². The number of pyridine rings is 1. The van der Waals surface area contributed by atoms with Gasteiger partial charge >= 0.3 is 0 Å². The Balaban J connectivity index is 1.57. The van der Waals surface area contributed by atoms with Crippen LogP contribution < -0.4 is 20.1 Å². The van der Waals surface area contributed by atoms with Crippen molar-refractivity contribution in [3.63, 3.8) is 0 Å². The van der Waals surface area contributed by atoms with E-state index >= 15 is 0 Å². The van der Waals surface area contributed by atoms with E-state index in [-0.39, 0.29) is 5.91 Å². The van der Waals surface area contributed by atoms with E-state index in [2.05, 4.69) is 15.6 Å². The van der Waals surface area contributed by atoms with Crippen molar-refractivity contribution in [1.82, 2.24) is 4.98 Å². The summed E-state index contributed by atoms with van der Waals surface area (Å²) in [5.74, 6) is 1.83. The summed E-state index contributed by atoms with van der Waals surface area (Å²) in [6.07, 6.45) is 2.44. The highest BCUT2D eigenvalue weighted by atomic mass is 16.6. The average molecular weight is 343 g/mol. The lowest BCUT2D eigenvalue weighted by Crippen LogP contribution is -2.16. The molecule has 0 radical (unpaired) electrons. The van der Waals surface area contributed by atoms with E-state index in [0.717, 1.165) is 18.8 Å². The maximum absolute atomic E-state index is 12.3. The van der Waals surface area contributed by atoms with Gasteiger partial charge in [0.05, 0.1) is 5.56 Å². The number of aromatic nitrogens is 1. The molecular weight excluding hydrogens is 322 g/mol. The Morgan fingerprint density at radius 3 is 2.80 bits per heavy atom. The van der Waals surface area contributed by atoms with Gasteiger partial charge in [-0.15, -0.1) is 0 Å². The first-order valence-corrected chi connectivity index (χ1v) is 8.16. The molecule has 7 nitrogen and oxygen atoms in total. The number of hydrogen-bond donors (Lipinski definition) is 2. The third-order valence-electron chi connectivity index (χ3n) is 3.66. The highest BCUT2D eigenvalue weighted by Crippen LogP contribution is 2.32. The van der Waals surface area contributed by atoms with Crippen molar-refractivity contribution < 1.29 is 19.0 Å². The smallest absolute Gasteiger partial charge is 0.257 e. The standard InChI is InChI=1S/C18H21N3O4/c1-23-8-2-7-19-17-6-3-13(12-20-17)18(22)21-14-4-5-15-16(11-14)25-10-9-24-15/h3-6,11-12H,2,7-10H2,1H3,(H,19,20)(H,21,22). The van der Waals surface area contributed by atoms with Crippen LogP contribution >= 0.6 is 0 Å². The van der Waals surface area contributed by atoms with E-state index in [9.17, 15) is 4.79 Å². The Morgan fingerprint density at radius 2 is 2.04 bits per heavy atom. The molecule has 7 heteroatoms. The van der Waals surface area contributed by atoms with Crippen LogP contribution in [0.4, 0.5) is 11.5 Å². The Kier molecular flexibility index (Phi) is 5.69. The molecule has 1 amide bonds. The number of benzene rings is 1. The molecule has 132 valence electrons. The van der Waals surface area contributed by atoms with Gasteiger partial charge in [-0.05, 0) is 30.7 Å². The molecule has 1 aromatic carbocycles. The molecule has 1 aromatic heterocycles. The zero-order chi connectivity index (χ0) is 17.5. The summed E-state index contributed by atoms with van der Waals surface area (Å²) in [7, 11) is 1.67. The van der Waals surface area contributed by atoms with Gasteiger partial charge in [0.15, 0.2) is 11.5 Å². The highest BCUT2D eigenvalue weighted by Gasteiger charge is 2.13. The van der Waals surface area contributed by atoms with Gasteiger partial charge in [0.2, 0.25) is 0 Å². The van der Waals surface area contributed by atoms with Gasteiger partial charge in [0.1, 0.15) is 19.0 Å². The lowest BCUT2D eigenvalue weighted by Gasteiger charge is -2.19. The minimum Gasteiger partial charge on any atom is -0.486 e. The summed E-state index contributed by atoms with van der Waals surface area (Å²) in [6.45, 7) is 2.51. The summed E-state index contributed by atoms with van der Waals surface area (Å²) in [5, 5.41) is 6.01. The molecule has 0 atom stereocenters. The number of nitrogens with one attached hydrogen (secondary N) is 2. The number of rotatable bonds is 7. The molecule has 2 aromatic rings.